The van der Waals surface area contributed by atoms with Gasteiger partial charge in [0.15, 0.2) is 0 Å². The van der Waals surface area contributed by atoms with Gasteiger partial charge in [-0.05, 0) is 63.1 Å². The SMILES string of the molecule is CC(C)(OC(C)(C)c1cccc(N)c1)c1cccc(N)c1. The molecule has 0 atom stereocenters. The number of hydrogen-bond acceptors (Lipinski definition) is 3. The second-order valence-electron chi connectivity index (χ2n) is 6.37. The summed E-state index contributed by atoms with van der Waals surface area (Å²) < 4.78 is 6.40. The van der Waals surface area contributed by atoms with E-state index in [1.807, 2.05) is 48.5 Å². The van der Waals surface area contributed by atoms with Crippen molar-refractivity contribution >= 4 is 11.4 Å². The lowest BCUT2D eigenvalue weighted by atomic mass is 9.92. The molecule has 112 valence electrons. The first-order chi connectivity index (χ1) is 9.71. The van der Waals surface area contributed by atoms with Gasteiger partial charge in [0.1, 0.15) is 0 Å². The molecule has 0 saturated heterocycles. The fourth-order valence-corrected chi connectivity index (χ4v) is 2.58. The van der Waals surface area contributed by atoms with Crippen molar-refractivity contribution in [2.24, 2.45) is 0 Å². The minimum atomic E-state index is -0.455. The van der Waals surface area contributed by atoms with Crippen LogP contribution in [0.1, 0.15) is 38.8 Å². The Morgan fingerprint density at radius 1 is 0.714 bits per heavy atom. The zero-order chi connectivity index (χ0) is 15.7. The number of ether oxygens (including phenoxy) is 1. The van der Waals surface area contributed by atoms with Crippen LogP contribution in [0.15, 0.2) is 48.5 Å². The molecule has 0 saturated carbocycles. The van der Waals surface area contributed by atoms with Crippen LogP contribution < -0.4 is 11.5 Å². The summed E-state index contributed by atoms with van der Waals surface area (Å²) in [6, 6.07) is 15.6. The number of rotatable bonds is 4. The molecule has 0 amide bonds. The number of benzene rings is 2. The molecular weight excluding hydrogens is 260 g/mol. The number of nitrogen functional groups attached to an aromatic ring is 2. The molecule has 21 heavy (non-hydrogen) atoms. The molecule has 0 bridgehead atoms. The lowest BCUT2D eigenvalue weighted by Gasteiger charge is -2.37. The molecule has 0 heterocycles. The van der Waals surface area contributed by atoms with Crippen LogP contribution in [-0.2, 0) is 15.9 Å². The van der Waals surface area contributed by atoms with Crippen molar-refractivity contribution in [1.82, 2.24) is 0 Å². The second kappa shape index (κ2) is 5.41. The Morgan fingerprint density at radius 2 is 1.10 bits per heavy atom. The van der Waals surface area contributed by atoms with E-state index in [1.165, 1.54) is 0 Å². The summed E-state index contributed by atoms with van der Waals surface area (Å²) >= 11 is 0. The quantitative estimate of drug-likeness (QED) is 0.833. The van der Waals surface area contributed by atoms with E-state index in [0.717, 1.165) is 22.5 Å². The molecule has 0 fully saturated rings. The predicted octanol–water partition coefficient (Wildman–Crippen LogP) is 4.04. The van der Waals surface area contributed by atoms with E-state index in [1.54, 1.807) is 0 Å². The third-order valence-electron chi connectivity index (χ3n) is 3.67. The average Bonchev–Trinajstić information content (AvgIpc) is 2.37. The predicted molar refractivity (Wildman–Crippen MR) is 88.8 cm³/mol. The Balaban J connectivity index is 2.30. The standard InChI is InChI=1S/C18H24N2O/c1-17(2,13-7-5-9-15(19)11-13)21-18(3,4)14-8-6-10-16(20)12-14/h5-12H,19-20H2,1-4H3. The minimum absolute atomic E-state index is 0.455. The summed E-state index contributed by atoms with van der Waals surface area (Å²) in [5.41, 5.74) is 14.4. The van der Waals surface area contributed by atoms with Gasteiger partial charge in [-0.25, -0.2) is 0 Å². The largest absolute Gasteiger partial charge is 0.399 e. The molecular formula is C18H24N2O. The van der Waals surface area contributed by atoms with Crippen molar-refractivity contribution in [2.45, 2.75) is 38.9 Å². The van der Waals surface area contributed by atoms with Crippen molar-refractivity contribution in [1.29, 1.82) is 0 Å². The van der Waals surface area contributed by atoms with E-state index in [0.29, 0.717) is 0 Å². The highest BCUT2D eigenvalue weighted by Crippen LogP contribution is 2.36. The molecule has 0 aliphatic carbocycles. The Hall–Kier alpha value is -2.00. The van der Waals surface area contributed by atoms with Crippen molar-refractivity contribution in [3.8, 4) is 0 Å². The van der Waals surface area contributed by atoms with Crippen molar-refractivity contribution in [3.05, 3.63) is 59.7 Å². The maximum absolute atomic E-state index is 6.40. The third kappa shape index (κ3) is 3.56. The summed E-state index contributed by atoms with van der Waals surface area (Å²) in [7, 11) is 0. The molecule has 2 aromatic rings. The Labute approximate surface area is 126 Å². The van der Waals surface area contributed by atoms with Crippen LogP contribution in [0.3, 0.4) is 0 Å². The summed E-state index contributed by atoms with van der Waals surface area (Å²) in [5, 5.41) is 0. The van der Waals surface area contributed by atoms with Gasteiger partial charge in [-0.3, -0.25) is 0 Å². The lowest BCUT2D eigenvalue weighted by molar-refractivity contribution is -0.132. The molecule has 0 aliphatic rings. The van der Waals surface area contributed by atoms with Crippen LogP contribution in [0.2, 0.25) is 0 Å². The highest BCUT2D eigenvalue weighted by Gasteiger charge is 2.32. The van der Waals surface area contributed by atoms with Crippen LogP contribution >= 0.6 is 0 Å². The minimum Gasteiger partial charge on any atom is -0.399 e. The topological polar surface area (TPSA) is 61.3 Å². The van der Waals surface area contributed by atoms with Gasteiger partial charge in [0.05, 0.1) is 11.2 Å². The van der Waals surface area contributed by atoms with Crippen molar-refractivity contribution in [2.75, 3.05) is 11.5 Å². The van der Waals surface area contributed by atoms with Gasteiger partial charge in [0, 0.05) is 11.4 Å². The Morgan fingerprint density at radius 3 is 1.43 bits per heavy atom. The fraction of sp³-hybridized carbons (Fsp3) is 0.333. The summed E-state index contributed by atoms with van der Waals surface area (Å²) in [4.78, 5) is 0. The summed E-state index contributed by atoms with van der Waals surface area (Å²) in [5.74, 6) is 0. The molecule has 0 aliphatic heterocycles. The van der Waals surface area contributed by atoms with Gasteiger partial charge in [0.2, 0.25) is 0 Å². The zero-order valence-corrected chi connectivity index (χ0v) is 13.2. The Kier molecular flexibility index (Phi) is 3.97. The molecule has 0 radical (unpaired) electrons. The smallest absolute Gasteiger partial charge is 0.0887 e. The van der Waals surface area contributed by atoms with Gasteiger partial charge in [-0.1, -0.05) is 24.3 Å². The number of anilines is 2. The van der Waals surface area contributed by atoms with Crippen LogP contribution in [0.25, 0.3) is 0 Å². The van der Waals surface area contributed by atoms with Crippen LogP contribution in [-0.4, -0.2) is 0 Å². The fourth-order valence-electron chi connectivity index (χ4n) is 2.58. The zero-order valence-electron chi connectivity index (χ0n) is 13.2. The molecule has 0 unspecified atom stereocenters. The Bertz CT molecular complexity index is 577. The van der Waals surface area contributed by atoms with E-state index >= 15 is 0 Å². The first-order valence-corrected chi connectivity index (χ1v) is 7.13. The van der Waals surface area contributed by atoms with E-state index in [2.05, 4.69) is 27.7 Å². The maximum atomic E-state index is 6.40. The monoisotopic (exact) mass is 284 g/mol. The van der Waals surface area contributed by atoms with E-state index in [-0.39, 0.29) is 0 Å². The summed E-state index contributed by atoms with van der Waals surface area (Å²) in [6.07, 6.45) is 0. The van der Waals surface area contributed by atoms with Crippen LogP contribution in [0, 0.1) is 0 Å². The average molecular weight is 284 g/mol. The first kappa shape index (κ1) is 15.4. The third-order valence-corrected chi connectivity index (χ3v) is 3.67. The van der Waals surface area contributed by atoms with Gasteiger partial charge in [-0.15, -0.1) is 0 Å². The molecule has 2 aromatic carbocycles. The first-order valence-electron chi connectivity index (χ1n) is 7.13. The van der Waals surface area contributed by atoms with E-state index in [9.17, 15) is 0 Å². The maximum Gasteiger partial charge on any atom is 0.0887 e. The van der Waals surface area contributed by atoms with Gasteiger partial charge in [0.25, 0.3) is 0 Å². The van der Waals surface area contributed by atoms with Gasteiger partial charge >= 0.3 is 0 Å². The van der Waals surface area contributed by atoms with Crippen molar-refractivity contribution in [3.63, 3.8) is 0 Å². The van der Waals surface area contributed by atoms with Crippen LogP contribution in [0.5, 0.6) is 0 Å². The molecule has 3 nitrogen and oxygen atoms in total. The summed E-state index contributed by atoms with van der Waals surface area (Å²) in [6.45, 7) is 8.21. The van der Waals surface area contributed by atoms with E-state index in [4.69, 9.17) is 16.2 Å². The highest BCUT2D eigenvalue weighted by molar-refractivity contribution is 5.44. The molecule has 4 N–H and O–H groups in total. The second-order valence-corrected chi connectivity index (χ2v) is 6.37. The van der Waals surface area contributed by atoms with Crippen molar-refractivity contribution < 1.29 is 4.74 Å². The number of nitrogens with two attached hydrogens (primary N) is 2. The molecule has 0 spiro atoms. The normalized spacial score (nSPS) is 12.4. The van der Waals surface area contributed by atoms with E-state index < -0.39 is 11.2 Å². The molecule has 3 heteroatoms. The van der Waals surface area contributed by atoms with Crippen LogP contribution in [0.4, 0.5) is 11.4 Å². The molecule has 2 rings (SSSR count). The van der Waals surface area contributed by atoms with Gasteiger partial charge in [-0.2, -0.15) is 0 Å². The van der Waals surface area contributed by atoms with Gasteiger partial charge < -0.3 is 16.2 Å². The lowest BCUT2D eigenvalue weighted by Crippen LogP contribution is -2.33. The highest BCUT2D eigenvalue weighted by atomic mass is 16.5. The number of hydrogen-bond donors (Lipinski definition) is 2. The molecule has 0 aromatic heterocycles.